The zero-order valence-corrected chi connectivity index (χ0v) is 19.5. The number of carbonyl (C=O) groups excluding carboxylic acids is 1. The van der Waals surface area contributed by atoms with Gasteiger partial charge >= 0.3 is 0 Å². The van der Waals surface area contributed by atoms with Crippen LogP contribution >= 0.6 is 27.7 Å². The molecule has 0 aliphatic carbocycles. The van der Waals surface area contributed by atoms with Gasteiger partial charge in [-0.15, -0.1) is 10.2 Å². The van der Waals surface area contributed by atoms with Gasteiger partial charge in [-0.05, 0) is 42.1 Å². The second kappa shape index (κ2) is 9.53. The fraction of sp³-hybridized carbons (Fsp3) is 0.174. The lowest BCUT2D eigenvalue weighted by molar-refractivity contribution is -0.113. The van der Waals surface area contributed by atoms with E-state index in [4.69, 9.17) is 4.74 Å². The quantitative estimate of drug-likeness (QED) is 0.349. The number of thioether (sulfide) groups is 1. The lowest BCUT2D eigenvalue weighted by atomic mass is 10.1. The van der Waals surface area contributed by atoms with Crippen LogP contribution in [0.1, 0.15) is 11.4 Å². The summed E-state index contributed by atoms with van der Waals surface area (Å²) in [5, 5.41) is 14.2. The highest BCUT2D eigenvalue weighted by molar-refractivity contribution is 9.10. The Bertz CT molecular complexity index is 1240. The average molecular weight is 497 g/mol. The van der Waals surface area contributed by atoms with Gasteiger partial charge < -0.3 is 14.6 Å². The Morgan fingerprint density at radius 3 is 2.77 bits per heavy atom. The normalized spacial score (nSPS) is 10.9. The molecule has 0 saturated heterocycles. The van der Waals surface area contributed by atoms with Crippen LogP contribution in [-0.2, 0) is 18.4 Å². The molecular formula is C23H21BrN4O2S. The third-order valence-corrected chi connectivity index (χ3v) is 6.72. The molecule has 8 heteroatoms. The van der Waals surface area contributed by atoms with Crippen molar-refractivity contribution in [3.63, 3.8) is 0 Å². The van der Waals surface area contributed by atoms with E-state index in [2.05, 4.69) is 43.6 Å². The molecule has 0 radical (unpaired) electrons. The highest BCUT2D eigenvalue weighted by Gasteiger charge is 2.13. The monoisotopic (exact) mass is 496 g/mol. The molecule has 6 nitrogen and oxygen atoms in total. The molecule has 0 aliphatic heterocycles. The molecule has 1 heterocycles. The van der Waals surface area contributed by atoms with Gasteiger partial charge in [0.15, 0.2) is 11.0 Å². The Balaban J connectivity index is 1.35. The molecule has 4 aromatic rings. The van der Waals surface area contributed by atoms with Crippen molar-refractivity contribution in [1.29, 1.82) is 0 Å². The maximum absolute atomic E-state index is 12.3. The minimum absolute atomic E-state index is 0.0942. The smallest absolute Gasteiger partial charge is 0.234 e. The van der Waals surface area contributed by atoms with Gasteiger partial charge in [0.1, 0.15) is 12.4 Å². The molecular weight excluding hydrogens is 476 g/mol. The summed E-state index contributed by atoms with van der Waals surface area (Å²) in [7, 11) is 1.88. The molecule has 3 aromatic carbocycles. The van der Waals surface area contributed by atoms with Crippen molar-refractivity contribution in [3.05, 3.63) is 76.5 Å². The van der Waals surface area contributed by atoms with Crippen LogP contribution in [0, 0.1) is 6.92 Å². The lowest BCUT2D eigenvalue weighted by Gasteiger charge is -2.09. The highest BCUT2D eigenvalue weighted by Crippen LogP contribution is 2.26. The Kier molecular flexibility index (Phi) is 6.58. The van der Waals surface area contributed by atoms with Gasteiger partial charge in [-0.3, -0.25) is 4.79 Å². The first-order valence-electron chi connectivity index (χ1n) is 9.69. The van der Waals surface area contributed by atoms with Gasteiger partial charge in [-0.1, -0.05) is 64.1 Å². The molecule has 31 heavy (non-hydrogen) atoms. The number of nitrogens with one attached hydrogen (secondary N) is 1. The van der Waals surface area contributed by atoms with Gasteiger partial charge in [-0.2, -0.15) is 0 Å². The van der Waals surface area contributed by atoms with Crippen LogP contribution in [0.15, 0.2) is 70.3 Å². The van der Waals surface area contributed by atoms with Crippen LogP contribution < -0.4 is 10.1 Å². The Labute approximate surface area is 193 Å². The van der Waals surface area contributed by atoms with Crippen molar-refractivity contribution >= 4 is 50.1 Å². The summed E-state index contributed by atoms with van der Waals surface area (Å²) in [5.74, 6) is 1.65. The van der Waals surface area contributed by atoms with E-state index in [0.29, 0.717) is 17.6 Å². The molecule has 1 aromatic heterocycles. The Hall–Kier alpha value is -2.84. The molecule has 0 atom stereocenters. The first-order chi connectivity index (χ1) is 15.0. The number of anilines is 1. The van der Waals surface area contributed by atoms with Crippen molar-refractivity contribution in [2.24, 2.45) is 7.05 Å². The number of fused-ring (bicyclic) bond motifs is 1. The summed E-state index contributed by atoms with van der Waals surface area (Å²) < 4.78 is 8.87. The van der Waals surface area contributed by atoms with Gasteiger partial charge in [0.05, 0.1) is 5.75 Å². The maximum atomic E-state index is 12.3. The van der Waals surface area contributed by atoms with E-state index >= 15 is 0 Å². The first-order valence-corrected chi connectivity index (χ1v) is 11.5. The SMILES string of the molecule is Cc1cc(NC(=O)CSc2nnc(COc3cccc4ccccc34)n2C)ccc1Br. The standard InChI is InChI=1S/C23H21BrN4O2S/c1-15-12-17(10-11-19(15)24)25-22(29)14-31-23-27-26-21(28(23)2)13-30-20-9-5-7-16-6-3-4-8-18(16)20/h3-12H,13-14H2,1-2H3,(H,25,29). The molecule has 0 bridgehead atoms. The fourth-order valence-corrected chi connectivity index (χ4v) is 4.09. The number of rotatable bonds is 7. The predicted octanol–water partition coefficient (Wildman–Crippen LogP) is 5.35. The predicted molar refractivity (Wildman–Crippen MR) is 128 cm³/mol. The van der Waals surface area contributed by atoms with E-state index < -0.39 is 0 Å². The molecule has 0 saturated carbocycles. The molecule has 1 N–H and O–H groups in total. The number of benzene rings is 3. The number of aromatic nitrogens is 3. The molecule has 0 spiro atoms. The van der Waals surface area contributed by atoms with Gasteiger partial charge in [0, 0.05) is 22.6 Å². The summed E-state index contributed by atoms with van der Waals surface area (Å²) in [6, 6.07) is 19.8. The minimum atomic E-state index is -0.0942. The molecule has 158 valence electrons. The molecule has 4 rings (SSSR count). The zero-order chi connectivity index (χ0) is 21.8. The topological polar surface area (TPSA) is 69.0 Å². The molecule has 0 fully saturated rings. The van der Waals surface area contributed by atoms with E-state index in [-0.39, 0.29) is 11.7 Å². The minimum Gasteiger partial charge on any atom is -0.485 e. The van der Waals surface area contributed by atoms with Crippen molar-refractivity contribution in [3.8, 4) is 5.75 Å². The number of hydrogen-bond donors (Lipinski definition) is 1. The molecule has 0 unspecified atom stereocenters. The third kappa shape index (κ3) is 5.08. The van der Waals surface area contributed by atoms with Crippen LogP contribution in [0.25, 0.3) is 10.8 Å². The second-order valence-electron chi connectivity index (χ2n) is 7.02. The molecule has 1 amide bonds. The van der Waals surface area contributed by atoms with E-state index in [1.807, 2.05) is 67.1 Å². The zero-order valence-electron chi connectivity index (χ0n) is 17.1. The third-order valence-electron chi connectivity index (χ3n) is 4.81. The maximum Gasteiger partial charge on any atom is 0.234 e. The lowest BCUT2D eigenvalue weighted by Crippen LogP contribution is -2.14. The summed E-state index contributed by atoms with van der Waals surface area (Å²) in [4.78, 5) is 12.3. The highest BCUT2D eigenvalue weighted by atomic mass is 79.9. The van der Waals surface area contributed by atoms with E-state index in [9.17, 15) is 4.79 Å². The van der Waals surface area contributed by atoms with Crippen LogP contribution in [0.5, 0.6) is 5.75 Å². The van der Waals surface area contributed by atoms with Gasteiger partial charge in [0.25, 0.3) is 0 Å². The fourth-order valence-electron chi connectivity index (χ4n) is 3.11. The van der Waals surface area contributed by atoms with Gasteiger partial charge in [0.2, 0.25) is 5.91 Å². The summed E-state index contributed by atoms with van der Waals surface area (Å²) >= 11 is 4.80. The number of carbonyl (C=O) groups is 1. The van der Waals surface area contributed by atoms with Crippen LogP contribution in [0.2, 0.25) is 0 Å². The number of amides is 1. The summed E-state index contributed by atoms with van der Waals surface area (Å²) in [5.41, 5.74) is 1.84. The van der Waals surface area contributed by atoms with Crippen molar-refractivity contribution in [1.82, 2.24) is 14.8 Å². The first kappa shape index (κ1) is 21.4. The Morgan fingerprint density at radius 1 is 1.13 bits per heavy atom. The van der Waals surface area contributed by atoms with Crippen molar-refractivity contribution in [2.45, 2.75) is 18.7 Å². The number of halogens is 1. The van der Waals surface area contributed by atoms with Crippen molar-refractivity contribution in [2.75, 3.05) is 11.1 Å². The van der Waals surface area contributed by atoms with Crippen LogP contribution in [-0.4, -0.2) is 26.4 Å². The van der Waals surface area contributed by atoms with Crippen molar-refractivity contribution < 1.29 is 9.53 Å². The largest absolute Gasteiger partial charge is 0.485 e. The second-order valence-corrected chi connectivity index (χ2v) is 8.82. The Morgan fingerprint density at radius 2 is 1.94 bits per heavy atom. The van der Waals surface area contributed by atoms with E-state index in [1.54, 1.807) is 0 Å². The van der Waals surface area contributed by atoms with E-state index in [0.717, 1.165) is 32.2 Å². The van der Waals surface area contributed by atoms with E-state index in [1.165, 1.54) is 11.8 Å². The van der Waals surface area contributed by atoms with Crippen LogP contribution in [0.3, 0.4) is 0 Å². The number of nitrogens with zero attached hydrogens (tertiary/aromatic N) is 3. The van der Waals surface area contributed by atoms with Gasteiger partial charge in [-0.25, -0.2) is 0 Å². The number of ether oxygens (including phenoxy) is 1. The number of hydrogen-bond acceptors (Lipinski definition) is 5. The summed E-state index contributed by atoms with van der Waals surface area (Å²) in [6.45, 7) is 2.28. The summed E-state index contributed by atoms with van der Waals surface area (Å²) in [6.07, 6.45) is 0. The molecule has 0 aliphatic rings. The average Bonchev–Trinajstić information content (AvgIpc) is 3.12. The van der Waals surface area contributed by atoms with Crippen LogP contribution in [0.4, 0.5) is 5.69 Å². The number of aryl methyl sites for hydroxylation is 1.